The van der Waals surface area contributed by atoms with E-state index in [0.29, 0.717) is 5.95 Å². The van der Waals surface area contributed by atoms with Crippen LogP contribution >= 0.6 is 0 Å². The van der Waals surface area contributed by atoms with Crippen LogP contribution in [0, 0.1) is 6.92 Å². The van der Waals surface area contributed by atoms with Crippen LogP contribution in [0.3, 0.4) is 0 Å². The highest BCUT2D eigenvalue weighted by Crippen LogP contribution is 2.23. The lowest BCUT2D eigenvalue weighted by Crippen LogP contribution is -2.30. The fourth-order valence-corrected chi connectivity index (χ4v) is 3.40. The number of aryl methyl sites for hydroxylation is 2. The summed E-state index contributed by atoms with van der Waals surface area (Å²) in [4.78, 5) is 11.3. The number of aromatic nitrogens is 4. The zero-order valence-corrected chi connectivity index (χ0v) is 15.5. The largest absolute Gasteiger partial charge is 0.307 e. The Hall–Kier alpha value is -2.73. The molecule has 0 aliphatic carbocycles. The van der Waals surface area contributed by atoms with Crippen molar-refractivity contribution in [3.63, 3.8) is 0 Å². The maximum Gasteiger partial charge on any atom is 0.228 e. The van der Waals surface area contributed by atoms with Crippen LogP contribution < -0.4 is 5.32 Å². The van der Waals surface area contributed by atoms with Crippen molar-refractivity contribution in [1.82, 2.24) is 24.6 Å². The second-order valence-corrected chi connectivity index (χ2v) is 6.87. The maximum atomic E-state index is 4.67. The third-order valence-corrected chi connectivity index (χ3v) is 4.90. The van der Waals surface area contributed by atoms with Crippen LogP contribution in [-0.4, -0.2) is 38.2 Å². The minimum Gasteiger partial charge on any atom is -0.307 e. The summed E-state index contributed by atoms with van der Waals surface area (Å²) in [6, 6.07) is 10.5. The van der Waals surface area contributed by atoms with E-state index in [1.165, 1.54) is 16.8 Å². The molecular formula is C20H24N6. The Morgan fingerprint density at radius 1 is 1.15 bits per heavy atom. The molecule has 3 aromatic rings. The van der Waals surface area contributed by atoms with Gasteiger partial charge in [-0.3, -0.25) is 9.58 Å². The van der Waals surface area contributed by atoms with Crippen molar-refractivity contribution in [1.29, 1.82) is 0 Å². The number of rotatable bonds is 4. The molecular weight excluding hydrogens is 324 g/mol. The molecule has 0 unspecified atom stereocenters. The van der Waals surface area contributed by atoms with Gasteiger partial charge in [0.05, 0.1) is 17.9 Å². The van der Waals surface area contributed by atoms with Crippen molar-refractivity contribution in [3.05, 3.63) is 53.3 Å². The summed E-state index contributed by atoms with van der Waals surface area (Å²) in [5.41, 5.74) is 5.90. The highest BCUT2D eigenvalue weighted by Gasteiger charge is 2.16. The number of fused-ring (bicyclic) bond motifs is 1. The van der Waals surface area contributed by atoms with Crippen molar-refractivity contribution in [2.24, 2.45) is 0 Å². The van der Waals surface area contributed by atoms with Crippen molar-refractivity contribution in [2.75, 3.05) is 18.9 Å². The number of anilines is 2. The zero-order valence-electron chi connectivity index (χ0n) is 15.5. The fraction of sp³-hybridized carbons (Fsp3) is 0.350. The first-order chi connectivity index (χ1) is 12.6. The first-order valence-electron chi connectivity index (χ1n) is 9.07. The van der Waals surface area contributed by atoms with Crippen LogP contribution in [0.4, 0.5) is 11.8 Å². The number of nitrogens with one attached hydrogen (secondary N) is 1. The molecule has 0 radical (unpaired) electrons. The molecule has 6 heteroatoms. The molecule has 1 N–H and O–H groups in total. The van der Waals surface area contributed by atoms with E-state index >= 15 is 0 Å². The second-order valence-electron chi connectivity index (χ2n) is 6.87. The lowest BCUT2D eigenvalue weighted by atomic mass is 10.0. The summed E-state index contributed by atoms with van der Waals surface area (Å²) < 4.78 is 2.05. The highest BCUT2D eigenvalue weighted by atomic mass is 15.4. The van der Waals surface area contributed by atoms with Crippen LogP contribution in [0.15, 0.2) is 36.5 Å². The molecule has 3 heterocycles. The van der Waals surface area contributed by atoms with Gasteiger partial charge in [0, 0.05) is 30.9 Å². The normalized spacial score (nSPS) is 14.3. The van der Waals surface area contributed by atoms with Crippen LogP contribution in [0.25, 0.3) is 11.3 Å². The Balaban J connectivity index is 1.57. The van der Waals surface area contributed by atoms with E-state index in [1.807, 2.05) is 6.07 Å². The predicted octanol–water partition coefficient (Wildman–Crippen LogP) is 3.40. The van der Waals surface area contributed by atoms with Gasteiger partial charge in [-0.2, -0.15) is 5.10 Å². The van der Waals surface area contributed by atoms with E-state index in [-0.39, 0.29) is 0 Å². The van der Waals surface area contributed by atoms with Gasteiger partial charge in [0.1, 0.15) is 0 Å². The molecule has 0 bridgehead atoms. The molecule has 1 aliphatic rings. The number of hydrogen-bond acceptors (Lipinski definition) is 5. The van der Waals surface area contributed by atoms with Crippen LogP contribution in [0.2, 0.25) is 0 Å². The van der Waals surface area contributed by atoms with E-state index < -0.39 is 0 Å². The van der Waals surface area contributed by atoms with Gasteiger partial charge in [0.2, 0.25) is 5.95 Å². The smallest absolute Gasteiger partial charge is 0.228 e. The first-order valence-corrected chi connectivity index (χ1v) is 9.07. The number of likely N-dealkylation sites (N-methyl/N-ethyl adjacent to an activating group) is 1. The Morgan fingerprint density at radius 2 is 2.04 bits per heavy atom. The third-order valence-electron chi connectivity index (χ3n) is 4.90. The van der Waals surface area contributed by atoms with Crippen molar-refractivity contribution < 1.29 is 0 Å². The Labute approximate surface area is 153 Å². The average molecular weight is 348 g/mol. The van der Waals surface area contributed by atoms with Gasteiger partial charge in [-0.05, 0) is 43.7 Å². The van der Waals surface area contributed by atoms with Crippen LogP contribution in [-0.2, 0) is 19.5 Å². The molecule has 2 aromatic heterocycles. The molecule has 0 saturated heterocycles. The number of hydrogen-bond donors (Lipinski definition) is 1. The lowest BCUT2D eigenvalue weighted by molar-refractivity contribution is 0.259. The van der Waals surface area contributed by atoms with Crippen molar-refractivity contribution >= 4 is 11.8 Å². The predicted molar refractivity (Wildman–Crippen MR) is 103 cm³/mol. The van der Waals surface area contributed by atoms with Gasteiger partial charge in [-0.25, -0.2) is 9.97 Å². The SMILES string of the molecule is CCc1ccc(-c2ccnc(Nc3cc4n(n3)CCN(C)C4)n2)cc1C. The minimum atomic E-state index is 0.573. The van der Waals surface area contributed by atoms with Crippen LogP contribution in [0.5, 0.6) is 0 Å². The third kappa shape index (κ3) is 3.32. The maximum absolute atomic E-state index is 4.67. The summed E-state index contributed by atoms with van der Waals surface area (Å²) in [5, 5.41) is 7.87. The summed E-state index contributed by atoms with van der Waals surface area (Å²) in [7, 11) is 2.13. The minimum absolute atomic E-state index is 0.573. The van der Waals surface area contributed by atoms with E-state index in [2.05, 4.69) is 75.1 Å². The molecule has 1 aromatic carbocycles. The van der Waals surface area contributed by atoms with Gasteiger partial charge >= 0.3 is 0 Å². The monoisotopic (exact) mass is 348 g/mol. The Bertz CT molecular complexity index is 930. The molecule has 0 fully saturated rings. The summed E-state index contributed by atoms with van der Waals surface area (Å²) >= 11 is 0. The van der Waals surface area contributed by atoms with E-state index in [1.54, 1.807) is 6.20 Å². The molecule has 0 amide bonds. The van der Waals surface area contributed by atoms with Gasteiger partial charge in [-0.1, -0.05) is 19.1 Å². The lowest BCUT2D eigenvalue weighted by Gasteiger charge is -2.22. The second kappa shape index (κ2) is 6.88. The quantitative estimate of drug-likeness (QED) is 0.783. The highest BCUT2D eigenvalue weighted by molar-refractivity contribution is 5.62. The molecule has 0 spiro atoms. The standard InChI is InChI=1S/C20H24N6/c1-4-15-5-6-16(11-14(15)2)18-7-8-21-20(22-18)23-19-12-17-13-25(3)9-10-26(17)24-19/h5-8,11-12H,4,9-10,13H2,1-3H3,(H,21,22,23,24). The zero-order chi connectivity index (χ0) is 18.1. The number of benzene rings is 1. The van der Waals surface area contributed by atoms with Gasteiger partial charge in [0.25, 0.3) is 0 Å². The molecule has 134 valence electrons. The first kappa shape index (κ1) is 16.7. The molecule has 1 aliphatic heterocycles. The Morgan fingerprint density at radius 3 is 2.85 bits per heavy atom. The van der Waals surface area contributed by atoms with E-state index in [4.69, 9.17) is 0 Å². The van der Waals surface area contributed by atoms with E-state index in [0.717, 1.165) is 43.1 Å². The van der Waals surface area contributed by atoms with Crippen LogP contribution in [0.1, 0.15) is 23.7 Å². The molecule has 4 rings (SSSR count). The summed E-state index contributed by atoms with van der Waals surface area (Å²) in [6.07, 6.45) is 2.83. The van der Waals surface area contributed by atoms with Gasteiger partial charge in [-0.15, -0.1) is 0 Å². The summed E-state index contributed by atoms with van der Waals surface area (Å²) in [6.45, 7) is 7.18. The van der Waals surface area contributed by atoms with Crippen molar-refractivity contribution in [2.45, 2.75) is 33.4 Å². The number of nitrogens with zero attached hydrogens (tertiary/aromatic N) is 5. The van der Waals surface area contributed by atoms with Crippen molar-refractivity contribution in [3.8, 4) is 11.3 Å². The van der Waals surface area contributed by atoms with E-state index in [9.17, 15) is 0 Å². The molecule has 26 heavy (non-hydrogen) atoms. The fourth-order valence-electron chi connectivity index (χ4n) is 3.40. The average Bonchev–Trinajstić information content (AvgIpc) is 3.03. The van der Waals surface area contributed by atoms with Gasteiger partial charge in [0.15, 0.2) is 5.82 Å². The van der Waals surface area contributed by atoms with Gasteiger partial charge < -0.3 is 5.32 Å². The molecule has 0 atom stereocenters. The molecule has 0 saturated carbocycles. The summed E-state index contributed by atoms with van der Waals surface area (Å²) in [5.74, 6) is 1.37. The molecule has 6 nitrogen and oxygen atoms in total. The topological polar surface area (TPSA) is 58.9 Å². The Kier molecular flexibility index (Phi) is 4.42.